The monoisotopic (exact) mass is 285 g/mol. The third-order valence-electron chi connectivity index (χ3n) is 4.21. The molecule has 114 valence electrons. The zero-order chi connectivity index (χ0) is 14.7. The number of hydrogen-bond acceptors (Lipinski definition) is 4. The van der Waals surface area contributed by atoms with Crippen molar-refractivity contribution in [2.45, 2.75) is 44.3 Å². The third-order valence-corrected chi connectivity index (χ3v) is 4.21. The van der Waals surface area contributed by atoms with Gasteiger partial charge in [-0.05, 0) is 26.3 Å². The molecule has 0 aromatic rings. The lowest BCUT2D eigenvalue weighted by atomic mass is 10.1. The van der Waals surface area contributed by atoms with Crippen molar-refractivity contribution in [3.8, 4) is 0 Å². The topological polar surface area (TPSA) is 93.1 Å². The lowest BCUT2D eigenvalue weighted by Crippen LogP contribution is -2.60. The zero-order valence-electron chi connectivity index (χ0n) is 11.8. The second-order valence-corrected chi connectivity index (χ2v) is 5.64. The first-order valence-electron chi connectivity index (χ1n) is 7.17. The number of aliphatic carboxylic acids is 1. The third kappa shape index (κ3) is 3.21. The van der Waals surface area contributed by atoms with Crippen molar-refractivity contribution in [3.05, 3.63) is 0 Å². The lowest BCUT2D eigenvalue weighted by Gasteiger charge is -2.42. The van der Waals surface area contributed by atoms with Gasteiger partial charge in [-0.25, -0.2) is 9.59 Å². The Morgan fingerprint density at radius 1 is 1.40 bits per heavy atom. The van der Waals surface area contributed by atoms with Crippen LogP contribution in [0.25, 0.3) is 0 Å². The molecule has 2 rings (SSSR count). The standard InChI is InChI=1S/C13H23N3O4/c1-9-7-15-5-2-3-10(15)8-16(9)13(20)14-11(4-6-17)12(18)19/h9-11,17H,2-8H2,1H3,(H,14,20)(H,18,19)/t9?,10?,11-/m0/s1. The average Bonchev–Trinajstić information content (AvgIpc) is 2.83. The number of aliphatic hydroxyl groups is 1. The maximum atomic E-state index is 12.2. The SMILES string of the molecule is CC1CN2CCCC2CN1C(=O)N[C@@H](CCO)C(=O)O. The highest BCUT2D eigenvalue weighted by molar-refractivity contribution is 5.82. The fourth-order valence-corrected chi connectivity index (χ4v) is 3.09. The van der Waals surface area contributed by atoms with Gasteiger partial charge in [0.25, 0.3) is 0 Å². The van der Waals surface area contributed by atoms with Gasteiger partial charge in [0.2, 0.25) is 0 Å². The van der Waals surface area contributed by atoms with E-state index in [0.717, 1.165) is 25.9 Å². The summed E-state index contributed by atoms with van der Waals surface area (Å²) >= 11 is 0. The summed E-state index contributed by atoms with van der Waals surface area (Å²) in [5.74, 6) is -1.11. The van der Waals surface area contributed by atoms with Gasteiger partial charge in [-0.15, -0.1) is 0 Å². The molecule has 2 heterocycles. The second kappa shape index (κ2) is 6.41. The molecule has 3 N–H and O–H groups in total. The fraction of sp³-hybridized carbons (Fsp3) is 0.846. The summed E-state index contributed by atoms with van der Waals surface area (Å²) in [5.41, 5.74) is 0. The number of nitrogens with zero attached hydrogens (tertiary/aromatic N) is 2. The number of fused-ring (bicyclic) bond motifs is 1. The van der Waals surface area contributed by atoms with Gasteiger partial charge in [-0.2, -0.15) is 0 Å². The number of aliphatic hydroxyl groups excluding tert-OH is 1. The number of rotatable bonds is 4. The minimum Gasteiger partial charge on any atom is -0.480 e. The van der Waals surface area contributed by atoms with E-state index in [0.29, 0.717) is 12.6 Å². The molecule has 2 amide bonds. The van der Waals surface area contributed by atoms with Crippen LogP contribution in [0.3, 0.4) is 0 Å². The van der Waals surface area contributed by atoms with Gasteiger partial charge in [0.05, 0.1) is 0 Å². The molecule has 3 atom stereocenters. The molecule has 0 saturated carbocycles. The van der Waals surface area contributed by atoms with Gasteiger partial charge >= 0.3 is 12.0 Å². The second-order valence-electron chi connectivity index (χ2n) is 5.64. The van der Waals surface area contributed by atoms with E-state index < -0.39 is 12.0 Å². The van der Waals surface area contributed by atoms with Crippen LogP contribution in [-0.4, -0.2) is 76.4 Å². The highest BCUT2D eigenvalue weighted by Gasteiger charge is 2.37. The molecule has 0 spiro atoms. The zero-order valence-corrected chi connectivity index (χ0v) is 11.8. The molecule has 2 saturated heterocycles. The van der Waals surface area contributed by atoms with Crippen LogP contribution in [0.1, 0.15) is 26.2 Å². The summed E-state index contributed by atoms with van der Waals surface area (Å²) in [7, 11) is 0. The predicted molar refractivity (Wildman–Crippen MR) is 72.4 cm³/mol. The Morgan fingerprint density at radius 2 is 2.15 bits per heavy atom. The molecule has 7 nitrogen and oxygen atoms in total. The minimum absolute atomic E-state index is 0.0266. The van der Waals surface area contributed by atoms with Crippen molar-refractivity contribution in [1.29, 1.82) is 0 Å². The van der Waals surface area contributed by atoms with Crippen LogP contribution in [0.15, 0.2) is 0 Å². The largest absolute Gasteiger partial charge is 0.480 e. The number of carboxylic acids is 1. The molecule has 0 aromatic heterocycles. The molecule has 2 aliphatic heterocycles. The first kappa shape index (κ1) is 15.1. The van der Waals surface area contributed by atoms with Crippen LogP contribution in [0.2, 0.25) is 0 Å². The molecule has 0 aliphatic carbocycles. The molecule has 0 radical (unpaired) electrons. The number of carboxylic acid groups (broad SMARTS) is 1. The molecular weight excluding hydrogens is 262 g/mol. The van der Waals surface area contributed by atoms with Crippen molar-refractivity contribution < 1.29 is 19.8 Å². The Hall–Kier alpha value is -1.34. The number of piperazine rings is 1. The first-order valence-corrected chi connectivity index (χ1v) is 7.17. The highest BCUT2D eigenvalue weighted by Crippen LogP contribution is 2.24. The van der Waals surface area contributed by atoms with Crippen LogP contribution >= 0.6 is 0 Å². The number of carbonyl (C=O) groups excluding carboxylic acids is 1. The number of urea groups is 1. The number of amides is 2. The molecule has 2 fully saturated rings. The smallest absolute Gasteiger partial charge is 0.326 e. The van der Waals surface area contributed by atoms with Crippen LogP contribution in [0.4, 0.5) is 4.79 Å². The van der Waals surface area contributed by atoms with Crippen LogP contribution in [0, 0.1) is 0 Å². The van der Waals surface area contributed by atoms with Crippen LogP contribution in [-0.2, 0) is 4.79 Å². The average molecular weight is 285 g/mol. The number of carbonyl (C=O) groups is 2. The summed E-state index contributed by atoms with van der Waals surface area (Å²) in [6.07, 6.45) is 2.28. The highest BCUT2D eigenvalue weighted by atomic mass is 16.4. The van der Waals surface area contributed by atoms with E-state index in [-0.39, 0.29) is 25.1 Å². The van der Waals surface area contributed by atoms with Crippen LogP contribution in [0.5, 0.6) is 0 Å². The van der Waals surface area contributed by atoms with E-state index in [9.17, 15) is 9.59 Å². The van der Waals surface area contributed by atoms with Gasteiger partial charge in [0.15, 0.2) is 0 Å². The Balaban J connectivity index is 1.95. The van der Waals surface area contributed by atoms with Crippen molar-refractivity contribution in [2.75, 3.05) is 26.2 Å². The van der Waals surface area contributed by atoms with Crippen molar-refractivity contribution in [1.82, 2.24) is 15.1 Å². The van der Waals surface area contributed by atoms with E-state index >= 15 is 0 Å². The van der Waals surface area contributed by atoms with Crippen LogP contribution < -0.4 is 5.32 Å². The summed E-state index contributed by atoms with van der Waals surface area (Å²) in [6, 6.07) is -0.891. The molecule has 2 aliphatic rings. The maximum absolute atomic E-state index is 12.2. The van der Waals surface area contributed by atoms with Gasteiger partial charge in [0.1, 0.15) is 6.04 Å². The van der Waals surface area contributed by atoms with Gasteiger partial charge in [0, 0.05) is 38.2 Å². The summed E-state index contributed by atoms with van der Waals surface area (Å²) < 4.78 is 0. The molecule has 0 bridgehead atoms. The molecule has 0 aromatic carbocycles. The normalized spacial score (nSPS) is 28.0. The summed E-state index contributed by atoms with van der Waals surface area (Å²) in [4.78, 5) is 27.4. The fourth-order valence-electron chi connectivity index (χ4n) is 3.09. The van der Waals surface area contributed by atoms with E-state index in [1.807, 2.05) is 6.92 Å². The maximum Gasteiger partial charge on any atom is 0.326 e. The number of hydrogen-bond donors (Lipinski definition) is 3. The Labute approximate surface area is 118 Å². The quantitative estimate of drug-likeness (QED) is 0.659. The molecular formula is C13H23N3O4. The predicted octanol–water partition coefficient (Wildman–Crippen LogP) is -0.300. The molecule has 20 heavy (non-hydrogen) atoms. The lowest BCUT2D eigenvalue weighted by molar-refractivity contribution is -0.139. The van der Waals surface area contributed by atoms with E-state index in [2.05, 4.69) is 10.2 Å². The van der Waals surface area contributed by atoms with Crippen molar-refractivity contribution in [3.63, 3.8) is 0 Å². The summed E-state index contributed by atoms with van der Waals surface area (Å²) in [6.45, 7) is 4.31. The van der Waals surface area contributed by atoms with Crippen molar-refractivity contribution >= 4 is 12.0 Å². The Bertz CT molecular complexity index is 377. The van der Waals surface area contributed by atoms with Gasteiger partial charge in [-0.1, -0.05) is 0 Å². The van der Waals surface area contributed by atoms with E-state index in [4.69, 9.17) is 10.2 Å². The minimum atomic E-state index is -1.11. The van der Waals surface area contributed by atoms with E-state index in [1.54, 1.807) is 4.90 Å². The van der Waals surface area contributed by atoms with Crippen molar-refractivity contribution in [2.24, 2.45) is 0 Å². The Morgan fingerprint density at radius 3 is 2.80 bits per heavy atom. The van der Waals surface area contributed by atoms with Gasteiger partial charge in [-0.3, -0.25) is 4.90 Å². The number of nitrogens with one attached hydrogen (secondary N) is 1. The van der Waals surface area contributed by atoms with Gasteiger partial charge < -0.3 is 20.4 Å². The molecule has 2 unspecified atom stereocenters. The molecule has 7 heteroatoms. The first-order chi connectivity index (χ1) is 9.52. The summed E-state index contributed by atoms with van der Waals surface area (Å²) in [5, 5.41) is 20.4. The Kier molecular flexibility index (Phi) is 4.82. The van der Waals surface area contributed by atoms with E-state index in [1.165, 1.54) is 0 Å².